The Morgan fingerprint density at radius 3 is 2.37 bits per heavy atom. The number of nitrogens with two attached hydrogens (primary N) is 1. The number of nitrogens with one attached hydrogen (secondary N) is 1. The molecule has 1 atom stereocenters. The lowest BCUT2D eigenvalue weighted by Gasteiger charge is -2.35. The van der Waals surface area contributed by atoms with Crippen LogP contribution < -0.4 is 16.0 Å². The normalized spacial score (nSPS) is 15.1. The zero-order chi connectivity index (χ0) is 19.3. The number of anilines is 1. The molecular weight excluding hydrogens is 374 g/mol. The molecule has 1 saturated heterocycles. The lowest BCUT2D eigenvalue weighted by atomic mass is 10.1. The molecule has 0 radical (unpaired) electrons. The van der Waals surface area contributed by atoms with E-state index in [-0.39, 0.29) is 42.4 Å². The zero-order valence-electron chi connectivity index (χ0n) is 15.5. The van der Waals surface area contributed by atoms with Gasteiger partial charge in [-0.25, -0.2) is 0 Å². The van der Waals surface area contributed by atoms with Gasteiger partial charge in [0.2, 0.25) is 11.8 Å². The molecule has 2 rings (SSSR count). The van der Waals surface area contributed by atoms with E-state index in [1.165, 1.54) is 6.07 Å². The van der Waals surface area contributed by atoms with Gasteiger partial charge in [0.15, 0.2) is 0 Å². The van der Waals surface area contributed by atoms with Gasteiger partial charge >= 0.3 is 0 Å². The molecule has 0 saturated carbocycles. The summed E-state index contributed by atoms with van der Waals surface area (Å²) in [7, 11) is 0. The van der Waals surface area contributed by atoms with Gasteiger partial charge in [-0.15, -0.1) is 12.4 Å². The molecule has 0 aromatic heterocycles. The summed E-state index contributed by atoms with van der Waals surface area (Å²) in [4.78, 5) is 38.4. The monoisotopic (exact) mass is 399 g/mol. The first-order valence-corrected chi connectivity index (χ1v) is 8.60. The summed E-state index contributed by atoms with van der Waals surface area (Å²) in [5, 5.41) is 13.7. The number of nitrogens with zero attached hydrogens (tertiary/aromatic N) is 3. The summed E-state index contributed by atoms with van der Waals surface area (Å²) in [6, 6.07) is 5.93. The average Bonchev–Trinajstić information content (AvgIpc) is 2.65. The van der Waals surface area contributed by atoms with Crippen LogP contribution in [0.2, 0.25) is 0 Å². The molecule has 1 aliphatic rings. The summed E-state index contributed by atoms with van der Waals surface area (Å²) >= 11 is 0. The predicted octanol–water partition coefficient (Wildman–Crippen LogP) is 0.765. The summed E-state index contributed by atoms with van der Waals surface area (Å²) in [5.41, 5.74) is 6.36. The zero-order valence-corrected chi connectivity index (χ0v) is 16.3. The van der Waals surface area contributed by atoms with E-state index >= 15 is 0 Å². The van der Waals surface area contributed by atoms with E-state index in [0.29, 0.717) is 31.9 Å². The molecule has 1 heterocycles. The second kappa shape index (κ2) is 10.1. The van der Waals surface area contributed by atoms with E-state index in [1.54, 1.807) is 23.1 Å². The van der Waals surface area contributed by atoms with Crippen molar-refractivity contribution >= 4 is 35.6 Å². The van der Waals surface area contributed by atoms with Crippen molar-refractivity contribution in [2.24, 2.45) is 11.7 Å². The molecule has 1 aliphatic heterocycles. The molecule has 0 aliphatic carbocycles. The summed E-state index contributed by atoms with van der Waals surface area (Å²) < 4.78 is 0. The van der Waals surface area contributed by atoms with Gasteiger partial charge in [0, 0.05) is 32.2 Å². The Bertz CT molecular complexity index is 677. The van der Waals surface area contributed by atoms with Crippen LogP contribution in [-0.2, 0) is 9.59 Å². The number of carbonyl (C=O) groups excluding carboxylic acids is 2. The van der Waals surface area contributed by atoms with Gasteiger partial charge < -0.3 is 20.9 Å². The Morgan fingerprint density at radius 2 is 1.81 bits per heavy atom. The highest BCUT2D eigenvalue weighted by Gasteiger charge is 2.26. The van der Waals surface area contributed by atoms with Crippen molar-refractivity contribution < 1.29 is 14.5 Å². The molecule has 1 aromatic carbocycles. The molecular formula is C17H26ClN5O4. The van der Waals surface area contributed by atoms with Crippen LogP contribution in [0.4, 0.5) is 11.4 Å². The fourth-order valence-electron chi connectivity index (χ4n) is 2.78. The third-order valence-corrected chi connectivity index (χ3v) is 4.49. The van der Waals surface area contributed by atoms with Crippen LogP contribution in [0.5, 0.6) is 0 Å². The van der Waals surface area contributed by atoms with E-state index in [0.717, 1.165) is 0 Å². The van der Waals surface area contributed by atoms with Gasteiger partial charge in [0.05, 0.1) is 17.5 Å². The average molecular weight is 400 g/mol. The van der Waals surface area contributed by atoms with E-state index in [4.69, 9.17) is 5.73 Å². The van der Waals surface area contributed by atoms with Crippen LogP contribution in [0.15, 0.2) is 24.3 Å². The first-order chi connectivity index (χ1) is 12.3. The van der Waals surface area contributed by atoms with Crippen LogP contribution in [0.3, 0.4) is 0 Å². The highest BCUT2D eigenvalue weighted by atomic mass is 35.5. The number of halogens is 1. The van der Waals surface area contributed by atoms with Gasteiger partial charge in [-0.1, -0.05) is 26.0 Å². The standard InChI is InChI=1S/C17H25N5O4.ClH/c1-12(2)16(18)17(24)19-11-15(23)21-9-7-20(8-10-21)13-5-3-4-6-14(13)22(25)26;/h3-6,12,16H,7-11,18H2,1-2H3,(H,19,24);1H/t16-;/m0./s1. The summed E-state index contributed by atoms with van der Waals surface area (Å²) in [6.45, 7) is 5.47. The highest BCUT2D eigenvalue weighted by Crippen LogP contribution is 2.28. The first kappa shape index (κ1) is 22.7. The van der Waals surface area contributed by atoms with Gasteiger partial charge in [-0.2, -0.15) is 0 Å². The summed E-state index contributed by atoms with van der Waals surface area (Å²) in [5.74, 6) is -0.529. The minimum absolute atomic E-state index is 0. The third-order valence-electron chi connectivity index (χ3n) is 4.49. The van der Waals surface area contributed by atoms with Crippen molar-refractivity contribution in [3.63, 3.8) is 0 Å². The minimum Gasteiger partial charge on any atom is -0.362 e. The van der Waals surface area contributed by atoms with Crippen molar-refractivity contribution in [2.75, 3.05) is 37.6 Å². The SMILES string of the molecule is CC(C)[C@H](N)C(=O)NCC(=O)N1CCN(c2ccccc2[N+](=O)[O-])CC1.Cl. The van der Waals surface area contributed by atoms with Crippen LogP contribution >= 0.6 is 12.4 Å². The van der Waals surface area contributed by atoms with Crippen molar-refractivity contribution in [1.82, 2.24) is 10.2 Å². The van der Waals surface area contributed by atoms with E-state index in [1.807, 2.05) is 18.7 Å². The van der Waals surface area contributed by atoms with Crippen molar-refractivity contribution in [1.29, 1.82) is 0 Å². The molecule has 1 fully saturated rings. The molecule has 3 N–H and O–H groups in total. The van der Waals surface area contributed by atoms with Crippen LogP contribution in [0, 0.1) is 16.0 Å². The molecule has 2 amide bonds. The van der Waals surface area contributed by atoms with Crippen molar-refractivity contribution in [2.45, 2.75) is 19.9 Å². The summed E-state index contributed by atoms with van der Waals surface area (Å²) in [6.07, 6.45) is 0. The lowest BCUT2D eigenvalue weighted by Crippen LogP contribution is -2.53. The second-order valence-electron chi connectivity index (χ2n) is 6.60. The smallest absolute Gasteiger partial charge is 0.292 e. The second-order valence-corrected chi connectivity index (χ2v) is 6.60. The minimum atomic E-state index is -0.640. The highest BCUT2D eigenvalue weighted by molar-refractivity contribution is 5.87. The lowest BCUT2D eigenvalue weighted by molar-refractivity contribution is -0.384. The maximum Gasteiger partial charge on any atom is 0.292 e. The number of carbonyl (C=O) groups is 2. The number of piperazine rings is 1. The maximum atomic E-state index is 12.3. The quantitative estimate of drug-likeness (QED) is 0.538. The van der Waals surface area contributed by atoms with Crippen molar-refractivity contribution in [3.8, 4) is 0 Å². The Hall–Kier alpha value is -2.39. The van der Waals surface area contributed by atoms with E-state index < -0.39 is 11.0 Å². The fourth-order valence-corrected chi connectivity index (χ4v) is 2.78. The van der Waals surface area contributed by atoms with Gasteiger partial charge in [0.25, 0.3) is 5.69 Å². The predicted molar refractivity (Wildman–Crippen MR) is 105 cm³/mol. The molecule has 0 bridgehead atoms. The number of benzene rings is 1. The number of para-hydroxylation sites is 2. The third kappa shape index (κ3) is 5.80. The molecule has 27 heavy (non-hydrogen) atoms. The molecule has 10 heteroatoms. The topological polar surface area (TPSA) is 122 Å². The van der Waals surface area contributed by atoms with Gasteiger partial charge in [-0.3, -0.25) is 19.7 Å². The number of nitro benzene ring substituents is 1. The number of hydrogen-bond acceptors (Lipinski definition) is 6. The Labute approximate surface area is 164 Å². The van der Waals surface area contributed by atoms with Crippen LogP contribution in [0.1, 0.15) is 13.8 Å². The van der Waals surface area contributed by atoms with Crippen LogP contribution in [0.25, 0.3) is 0 Å². The molecule has 1 aromatic rings. The number of amides is 2. The molecule has 9 nitrogen and oxygen atoms in total. The maximum absolute atomic E-state index is 12.3. The van der Waals surface area contributed by atoms with Crippen molar-refractivity contribution in [3.05, 3.63) is 34.4 Å². The number of hydrogen-bond donors (Lipinski definition) is 2. The number of nitro groups is 1. The van der Waals surface area contributed by atoms with Gasteiger partial charge in [-0.05, 0) is 12.0 Å². The number of rotatable bonds is 6. The fraction of sp³-hybridized carbons (Fsp3) is 0.529. The van der Waals surface area contributed by atoms with E-state index in [2.05, 4.69) is 5.32 Å². The van der Waals surface area contributed by atoms with Gasteiger partial charge in [0.1, 0.15) is 5.69 Å². The molecule has 0 unspecified atom stereocenters. The Kier molecular flexibility index (Phi) is 8.45. The Balaban J connectivity index is 0.00000364. The molecule has 150 valence electrons. The van der Waals surface area contributed by atoms with Crippen LogP contribution in [-0.4, -0.2) is 60.4 Å². The first-order valence-electron chi connectivity index (χ1n) is 8.60. The van der Waals surface area contributed by atoms with E-state index in [9.17, 15) is 19.7 Å². The largest absolute Gasteiger partial charge is 0.362 e. The Morgan fingerprint density at radius 1 is 1.22 bits per heavy atom. The molecule has 0 spiro atoms.